The van der Waals surface area contributed by atoms with Crippen molar-refractivity contribution >= 4 is 17.3 Å². The second-order valence-corrected chi connectivity index (χ2v) is 5.30. The molecule has 3 rings (SSSR count). The molecule has 0 aromatic carbocycles. The molecule has 0 unspecified atom stereocenters. The van der Waals surface area contributed by atoms with Crippen molar-refractivity contribution < 1.29 is 17.6 Å². The van der Waals surface area contributed by atoms with Crippen LogP contribution in [0.2, 0.25) is 5.02 Å². The molecule has 0 spiro atoms. The average molecular weight is 371 g/mol. The molecule has 0 amide bonds. The number of aromatic nitrogens is 3. The molecule has 0 aliphatic heterocycles. The Morgan fingerprint density at radius 3 is 2.64 bits per heavy atom. The van der Waals surface area contributed by atoms with Crippen LogP contribution in [0.4, 0.5) is 18.9 Å². The van der Waals surface area contributed by atoms with Crippen molar-refractivity contribution in [2.24, 2.45) is 0 Å². The third-order valence-electron chi connectivity index (χ3n) is 3.24. The summed E-state index contributed by atoms with van der Waals surface area (Å²) in [7, 11) is 0. The van der Waals surface area contributed by atoms with Crippen LogP contribution in [0.5, 0.6) is 0 Å². The molecule has 3 aromatic rings. The Morgan fingerprint density at radius 1 is 1.24 bits per heavy atom. The van der Waals surface area contributed by atoms with E-state index in [0.717, 1.165) is 16.8 Å². The third kappa shape index (κ3) is 3.66. The minimum Gasteiger partial charge on any atom is -0.467 e. The number of furan rings is 1. The minimum atomic E-state index is -4.51. The standard InChI is InChI=1S/C15H10ClF3N4O2/c16-13-11(20-7-10-2-1-5-25-10)8-22-23(14(13)24)12-4-3-9(6-21-12)15(17,18)19/h1-6,8,20H,7H2. The number of rotatable bonds is 4. The lowest BCUT2D eigenvalue weighted by Gasteiger charge is -2.10. The van der Waals surface area contributed by atoms with E-state index in [1.807, 2.05) is 0 Å². The SMILES string of the molecule is O=c1c(Cl)c(NCc2ccco2)cnn1-c1ccc(C(F)(F)F)cn1. The van der Waals surface area contributed by atoms with Gasteiger partial charge in [0.15, 0.2) is 5.82 Å². The molecule has 25 heavy (non-hydrogen) atoms. The maximum absolute atomic E-state index is 12.6. The Hall–Kier alpha value is -2.81. The molecule has 10 heteroatoms. The lowest BCUT2D eigenvalue weighted by molar-refractivity contribution is -0.137. The number of pyridine rings is 1. The summed E-state index contributed by atoms with van der Waals surface area (Å²) in [4.78, 5) is 15.9. The van der Waals surface area contributed by atoms with E-state index in [4.69, 9.17) is 16.0 Å². The van der Waals surface area contributed by atoms with Crippen molar-refractivity contribution in [1.29, 1.82) is 0 Å². The molecular weight excluding hydrogens is 361 g/mol. The highest BCUT2D eigenvalue weighted by atomic mass is 35.5. The first kappa shape index (κ1) is 17.0. The largest absolute Gasteiger partial charge is 0.467 e. The van der Waals surface area contributed by atoms with E-state index in [2.05, 4.69) is 15.4 Å². The third-order valence-corrected chi connectivity index (χ3v) is 3.61. The van der Waals surface area contributed by atoms with E-state index in [1.165, 1.54) is 12.5 Å². The summed E-state index contributed by atoms with van der Waals surface area (Å²) < 4.78 is 43.6. The topological polar surface area (TPSA) is 73.0 Å². The van der Waals surface area contributed by atoms with Gasteiger partial charge in [-0.05, 0) is 24.3 Å². The molecule has 0 bridgehead atoms. The second kappa shape index (κ2) is 6.60. The average Bonchev–Trinajstić information content (AvgIpc) is 3.09. The number of anilines is 1. The summed E-state index contributed by atoms with van der Waals surface area (Å²) in [5.74, 6) is 0.558. The zero-order valence-corrected chi connectivity index (χ0v) is 13.2. The van der Waals surface area contributed by atoms with Gasteiger partial charge in [0.25, 0.3) is 5.56 Å². The molecule has 0 fully saturated rings. The normalized spacial score (nSPS) is 11.5. The summed E-state index contributed by atoms with van der Waals surface area (Å²) in [6.07, 6.45) is -1.10. The lowest BCUT2D eigenvalue weighted by atomic mass is 10.3. The molecule has 0 atom stereocenters. The molecular formula is C15H10ClF3N4O2. The number of nitrogens with zero attached hydrogens (tertiary/aromatic N) is 3. The van der Waals surface area contributed by atoms with Gasteiger partial charge >= 0.3 is 6.18 Å². The molecule has 0 aliphatic carbocycles. The second-order valence-electron chi connectivity index (χ2n) is 4.92. The van der Waals surface area contributed by atoms with Gasteiger partial charge in [-0.25, -0.2) is 4.98 Å². The monoisotopic (exact) mass is 370 g/mol. The fourth-order valence-electron chi connectivity index (χ4n) is 1.99. The summed E-state index contributed by atoms with van der Waals surface area (Å²) in [6.45, 7) is 0.288. The summed E-state index contributed by atoms with van der Waals surface area (Å²) in [6, 6.07) is 5.31. The first-order valence-corrected chi connectivity index (χ1v) is 7.32. The van der Waals surface area contributed by atoms with Crippen LogP contribution in [-0.4, -0.2) is 14.8 Å². The molecule has 1 N–H and O–H groups in total. The smallest absolute Gasteiger partial charge is 0.417 e. The van der Waals surface area contributed by atoms with Crippen LogP contribution in [0, 0.1) is 0 Å². The highest BCUT2D eigenvalue weighted by Gasteiger charge is 2.30. The minimum absolute atomic E-state index is 0.0718. The molecule has 3 heterocycles. The highest BCUT2D eigenvalue weighted by Crippen LogP contribution is 2.28. The van der Waals surface area contributed by atoms with E-state index < -0.39 is 17.3 Å². The van der Waals surface area contributed by atoms with Gasteiger partial charge in [0.1, 0.15) is 10.8 Å². The van der Waals surface area contributed by atoms with Crippen molar-refractivity contribution in [1.82, 2.24) is 14.8 Å². The fraction of sp³-hybridized carbons (Fsp3) is 0.133. The Morgan fingerprint density at radius 2 is 2.04 bits per heavy atom. The summed E-state index contributed by atoms with van der Waals surface area (Å²) in [5.41, 5.74) is -1.36. The number of halogens is 4. The first-order valence-electron chi connectivity index (χ1n) is 6.94. The van der Waals surface area contributed by atoms with Crippen LogP contribution in [0.3, 0.4) is 0 Å². The van der Waals surface area contributed by atoms with Gasteiger partial charge in [-0.3, -0.25) is 4.79 Å². The van der Waals surface area contributed by atoms with Gasteiger partial charge in [0.05, 0.1) is 30.3 Å². The predicted molar refractivity (Wildman–Crippen MR) is 83.7 cm³/mol. The van der Waals surface area contributed by atoms with Gasteiger partial charge < -0.3 is 9.73 Å². The number of hydrogen-bond acceptors (Lipinski definition) is 5. The van der Waals surface area contributed by atoms with Crippen LogP contribution in [-0.2, 0) is 12.7 Å². The molecule has 0 radical (unpaired) electrons. The summed E-state index contributed by atoms with van der Waals surface area (Å²) >= 11 is 6.02. The highest BCUT2D eigenvalue weighted by molar-refractivity contribution is 6.32. The zero-order chi connectivity index (χ0) is 18.0. The number of alkyl halides is 3. The molecule has 3 aromatic heterocycles. The van der Waals surface area contributed by atoms with Crippen molar-refractivity contribution in [3.05, 3.63) is 69.6 Å². The van der Waals surface area contributed by atoms with Crippen LogP contribution in [0.15, 0.2) is 52.1 Å². The van der Waals surface area contributed by atoms with Crippen LogP contribution in [0.25, 0.3) is 5.82 Å². The quantitative estimate of drug-likeness (QED) is 0.761. The van der Waals surface area contributed by atoms with Crippen LogP contribution < -0.4 is 10.9 Å². The molecule has 0 aliphatic rings. The Bertz CT molecular complexity index is 921. The fourth-order valence-corrected chi connectivity index (χ4v) is 2.19. The predicted octanol–water partition coefficient (Wildman–Crippen LogP) is 3.50. The maximum atomic E-state index is 12.6. The lowest BCUT2D eigenvalue weighted by Crippen LogP contribution is -2.23. The Balaban J connectivity index is 1.86. The number of nitrogens with one attached hydrogen (secondary N) is 1. The Kier molecular flexibility index (Phi) is 4.49. The van der Waals surface area contributed by atoms with Gasteiger partial charge in [-0.1, -0.05) is 11.6 Å². The van der Waals surface area contributed by atoms with E-state index >= 15 is 0 Å². The van der Waals surface area contributed by atoms with Crippen LogP contribution >= 0.6 is 11.6 Å². The van der Waals surface area contributed by atoms with E-state index in [1.54, 1.807) is 12.1 Å². The molecule has 0 saturated heterocycles. The van der Waals surface area contributed by atoms with Crippen molar-refractivity contribution in [3.63, 3.8) is 0 Å². The maximum Gasteiger partial charge on any atom is 0.417 e. The van der Waals surface area contributed by atoms with Crippen molar-refractivity contribution in [3.8, 4) is 5.82 Å². The van der Waals surface area contributed by atoms with E-state index in [9.17, 15) is 18.0 Å². The van der Waals surface area contributed by atoms with Gasteiger partial charge in [0.2, 0.25) is 0 Å². The Labute approximate surface area is 143 Å². The van der Waals surface area contributed by atoms with Crippen LogP contribution in [0.1, 0.15) is 11.3 Å². The van der Waals surface area contributed by atoms with Crippen molar-refractivity contribution in [2.45, 2.75) is 12.7 Å². The molecule has 0 saturated carbocycles. The molecule has 6 nitrogen and oxygen atoms in total. The zero-order valence-electron chi connectivity index (χ0n) is 12.4. The van der Waals surface area contributed by atoms with E-state index in [-0.39, 0.29) is 23.1 Å². The molecule has 130 valence electrons. The summed E-state index contributed by atoms with van der Waals surface area (Å²) in [5, 5.41) is 6.61. The van der Waals surface area contributed by atoms with Gasteiger partial charge in [0, 0.05) is 6.20 Å². The van der Waals surface area contributed by atoms with E-state index in [0.29, 0.717) is 12.0 Å². The van der Waals surface area contributed by atoms with Crippen molar-refractivity contribution in [2.75, 3.05) is 5.32 Å². The first-order chi connectivity index (χ1) is 11.9. The van der Waals surface area contributed by atoms with Gasteiger partial charge in [-0.15, -0.1) is 0 Å². The number of hydrogen-bond donors (Lipinski definition) is 1. The van der Waals surface area contributed by atoms with Gasteiger partial charge in [-0.2, -0.15) is 23.0 Å².